The quantitative estimate of drug-likeness (QED) is 0.689. The SMILES string of the molecule is COCCC(Cc1cccc(Br)c1)C(=O)NC(C)(CN)C1CC1. The molecule has 1 aliphatic rings. The maximum absolute atomic E-state index is 12.8. The van der Waals surface area contributed by atoms with Gasteiger partial charge in [-0.05, 0) is 56.2 Å². The van der Waals surface area contributed by atoms with Crippen molar-refractivity contribution in [2.75, 3.05) is 20.3 Å². The second-order valence-corrected chi connectivity index (χ2v) is 7.61. The van der Waals surface area contributed by atoms with Gasteiger partial charge in [-0.3, -0.25) is 4.79 Å². The van der Waals surface area contributed by atoms with Crippen LogP contribution in [0.2, 0.25) is 0 Å². The first-order valence-corrected chi connectivity index (χ1v) is 9.03. The van der Waals surface area contributed by atoms with E-state index in [9.17, 15) is 4.79 Å². The summed E-state index contributed by atoms with van der Waals surface area (Å²) in [6, 6.07) is 8.11. The molecule has 5 heteroatoms. The number of carbonyl (C=O) groups is 1. The summed E-state index contributed by atoms with van der Waals surface area (Å²) in [5.74, 6) is 0.501. The second kappa shape index (κ2) is 8.27. The molecular weight excluding hydrogens is 356 g/mol. The molecule has 1 aromatic rings. The molecule has 1 amide bonds. The predicted molar refractivity (Wildman–Crippen MR) is 96.2 cm³/mol. The summed E-state index contributed by atoms with van der Waals surface area (Å²) in [5.41, 5.74) is 6.79. The van der Waals surface area contributed by atoms with E-state index < -0.39 is 0 Å². The number of hydrogen-bond donors (Lipinski definition) is 2. The van der Waals surface area contributed by atoms with Gasteiger partial charge in [-0.25, -0.2) is 0 Å². The van der Waals surface area contributed by atoms with Gasteiger partial charge in [0.05, 0.1) is 5.54 Å². The Kier molecular flexibility index (Phi) is 6.62. The van der Waals surface area contributed by atoms with E-state index >= 15 is 0 Å². The molecule has 2 rings (SSSR count). The zero-order chi connectivity index (χ0) is 16.9. The van der Waals surface area contributed by atoms with E-state index in [2.05, 4.69) is 40.3 Å². The maximum atomic E-state index is 12.8. The van der Waals surface area contributed by atoms with Crippen LogP contribution in [-0.4, -0.2) is 31.7 Å². The molecule has 1 aromatic carbocycles. The number of ether oxygens (including phenoxy) is 1. The van der Waals surface area contributed by atoms with Crippen molar-refractivity contribution in [3.63, 3.8) is 0 Å². The van der Waals surface area contributed by atoms with Crippen LogP contribution in [0.5, 0.6) is 0 Å². The highest BCUT2D eigenvalue weighted by molar-refractivity contribution is 9.10. The van der Waals surface area contributed by atoms with Crippen molar-refractivity contribution < 1.29 is 9.53 Å². The highest BCUT2D eigenvalue weighted by Gasteiger charge is 2.42. The number of rotatable bonds is 9. The Morgan fingerprint density at radius 3 is 2.83 bits per heavy atom. The smallest absolute Gasteiger partial charge is 0.224 e. The third-order valence-electron chi connectivity index (χ3n) is 4.72. The molecule has 2 unspecified atom stereocenters. The van der Waals surface area contributed by atoms with Gasteiger partial charge < -0.3 is 15.8 Å². The molecule has 3 N–H and O–H groups in total. The highest BCUT2D eigenvalue weighted by atomic mass is 79.9. The first-order chi connectivity index (χ1) is 11.0. The van der Waals surface area contributed by atoms with Gasteiger partial charge in [0, 0.05) is 30.7 Å². The van der Waals surface area contributed by atoms with Gasteiger partial charge in [0.15, 0.2) is 0 Å². The lowest BCUT2D eigenvalue weighted by Crippen LogP contribution is -2.55. The van der Waals surface area contributed by atoms with E-state index in [1.54, 1.807) is 7.11 Å². The van der Waals surface area contributed by atoms with E-state index in [1.807, 2.05) is 12.1 Å². The van der Waals surface area contributed by atoms with Crippen LogP contribution in [0, 0.1) is 11.8 Å². The molecule has 2 atom stereocenters. The van der Waals surface area contributed by atoms with Crippen LogP contribution in [0.25, 0.3) is 0 Å². The largest absolute Gasteiger partial charge is 0.385 e. The van der Waals surface area contributed by atoms with Crippen LogP contribution in [0.3, 0.4) is 0 Å². The minimum absolute atomic E-state index is 0.0851. The number of amides is 1. The van der Waals surface area contributed by atoms with Crippen LogP contribution < -0.4 is 11.1 Å². The zero-order valence-corrected chi connectivity index (χ0v) is 15.6. The van der Waals surface area contributed by atoms with Crippen molar-refractivity contribution in [3.8, 4) is 0 Å². The summed E-state index contributed by atoms with van der Waals surface area (Å²) in [6.07, 6.45) is 3.73. The number of nitrogens with one attached hydrogen (secondary N) is 1. The van der Waals surface area contributed by atoms with Gasteiger partial charge in [0.25, 0.3) is 0 Å². The van der Waals surface area contributed by atoms with E-state index in [0.717, 1.165) is 22.9 Å². The summed E-state index contributed by atoms with van der Waals surface area (Å²) >= 11 is 3.49. The van der Waals surface area contributed by atoms with Gasteiger partial charge in [-0.1, -0.05) is 28.1 Å². The summed E-state index contributed by atoms with van der Waals surface area (Å²) in [5, 5.41) is 3.22. The van der Waals surface area contributed by atoms with Crippen LogP contribution in [0.4, 0.5) is 0 Å². The molecule has 0 aromatic heterocycles. The summed E-state index contributed by atoms with van der Waals surface area (Å²) in [6.45, 7) is 3.13. The van der Waals surface area contributed by atoms with E-state index in [1.165, 1.54) is 0 Å². The lowest BCUT2D eigenvalue weighted by atomic mass is 9.91. The van der Waals surface area contributed by atoms with E-state index in [0.29, 0.717) is 31.9 Å². The van der Waals surface area contributed by atoms with Crippen molar-refractivity contribution in [2.24, 2.45) is 17.6 Å². The molecule has 0 radical (unpaired) electrons. The van der Waals surface area contributed by atoms with Crippen molar-refractivity contribution in [3.05, 3.63) is 34.3 Å². The molecule has 1 aliphatic carbocycles. The fraction of sp³-hybridized carbons (Fsp3) is 0.611. The Labute approximate surface area is 147 Å². The topological polar surface area (TPSA) is 64.3 Å². The third-order valence-corrected chi connectivity index (χ3v) is 5.22. The monoisotopic (exact) mass is 382 g/mol. The molecule has 0 heterocycles. The summed E-state index contributed by atoms with van der Waals surface area (Å²) < 4.78 is 6.22. The fourth-order valence-corrected chi connectivity index (χ4v) is 3.40. The van der Waals surface area contributed by atoms with E-state index in [4.69, 9.17) is 10.5 Å². The normalized spacial score (nSPS) is 18.3. The minimum atomic E-state index is -0.278. The van der Waals surface area contributed by atoms with Crippen LogP contribution in [0.1, 0.15) is 31.7 Å². The maximum Gasteiger partial charge on any atom is 0.224 e. The number of methoxy groups -OCH3 is 1. The molecule has 23 heavy (non-hydrogen) atoms. The Morgan fingerprint density at radius 1 is 1.52 bits per heavy atom. The number of hydrogen-bond acceptors (Lipinski definition) is 3. The number of halogens is 1. The lowest BCUT2D eigenvalue weighted by molar-refractivity contribution is -0.127. The molecule has 128 valence electrons. The molecular formula is C18H27BrN2O2. The first-order valence-electron chi connectivity index (χ1n) is 8.24. The Hall–Kier alpha value is -0.910. The summed E-state index contributed by atoms with van der Waals surface area (Å²) in [4.78, 5) is 12.8. The molecule has 0 saturated heterocycles. The number of benzene rings is 1. The number of carbonyl (C=O) groups excluding carboxylic acids is 1. The molecule has 0 spiro atoms. The molecule has 1 fully saturated rings. The van der Waals surface area contributed by atoms with Crippen LogP contribution in [-0.2, 0) is 16.0 Å². The molecule has 0 aliphatic heterocycles. The molecule has 1 saturated carbocycles. The average Bonchev–Trinajstić information content (AvgIpc) is 3.36. The van der Waals surface area contributed by atoms with Crippen molar-refractivity contribution >= 4 is 21.8 Å². The zero-order valence-electron chi connectivity index (χ0n) is 14.0. The molecule has 4 nitrogen and oxygen atoms in total. The molecule has 0 bridgehead atoms. The third kappa shape index (κ3) is 5.30. The number of nitrogens with two attached hydrogens (primary N) is 1. The Morgan fingerprint density at radius 2 is 2.26 bits per heavy atom. The van der Waals surface area contributed by atoms with E-state index in [-0.39, 0.29) is 17.4 Å². The first kappa shape index (κ1) is 18.4. The van der Waals surface area contributed by atoms with Crippen molar-refractivity contribution in [1.82, 2.24) is 5.32 Å². The fourth-order valence-electron chi connectivity index (χ4n) is 2.96. The predicted octanol–water partition coefficient (Wildman–Crippen LogP) is 2.89. The summed E-state index contributed by atoms with van der Waals surface area (Å²) in [7, 11) is 1.67. The standard InChI is InChI=1S/C18H27BrN2O2/c1-18(12-20,15-6-7-15)21-17(22)14(8-9-23-2)10-13-4-3-5-16(19)11-13/h3-5,11,14-15H,6-10,12,20H2,1-2H3,(H,21,22). The minimum Gasteiger partial charge on any atom is -0.385 e. The van der Waals surface area contributed by atoms with Crippen molar-refractivity contribution in [2.45, 2.75) is 38.1 Å². The lowest BCUT2D eigenvalue weighted by Gasteiger charge is -2.31. The van der Waals surface area contributed by atoms with Crippen LogP contribution in [0.15, 0.2) is 28.7 Å². The van der Waals surface area contributed by atoms with Gasteiger partial charge in [-0.15, -0.1) is 0 Å². The van der Waals surface area contributed by atoms with Crippen LogP contribution >= 0.6 is 15.9 Å². The van der Waals surface area contributed by atoms with Gasteiger partial charge >= 0.3 is 0 Å². The highest BCUT2D eigenvalue weighted by Crippen LogP contribution is 2.39. The average molecular weight is 383 g/mol. The second-order valence-electron chi connectivity index (χ2n) is 6.70. The van der Waals surface area contributed by atoms with Crippen molar-refractivity contribution in [1.29, 1.82) is 0 Å². The Balaban J connectivity index is 2.05. The Bertz CT molecular complexity index is 534. The van der Waals surface area contributed by atoms with Gasteiger partial charge in [0.1, 0.15) is 0 Å². The van der Waals surface area contributed by atoms with Gasteiger partial charge in [0.2, 0.25) is 5.91 Å². The van der Waals surface area contributed by atoms with Gasteiger partial charge in [-0.2, -0.15) is 0 Å².